The van der Waals surface area contributed by atoms with Crippen LogP contribution in [0.2, 0.25) is 0 Å². The van der Waals surface area contributed by atoms with Gasteiger partial charge in [-0.2, -0.15) is 0 Å². The number of benzene rings is 1. The Balaban J connectivity index is 0.00000144. The van der Waals surface area contributed by atoms with Crippen molar-refractivity contribution in [1.29, 1.82) is 5.41 Å². The normalized spacial score (nSPS) is 8.85. The molecule has 0 aliphatic heterocycles. The van der Waals surface area contributed by atoms with Crippen LogP contribution in [0.5, 0.6) is 0 Å². The number of hydrogen-bond acceptors (Lipinski definition) is 1. The van der Waals surface area contributed by atoms with Gasteiger partial charge >= 0.3 is 0 Å². The Morgan fingerprint density at radius 1 is 1.23 bits per heavy atom. The molecule has 1 aromatic rings. The summed E-state index contributed by atoms with van der Waals surface area (Å²) in [5.74, 6) is 0.530. The third kappa shape index (κ3) is 3.36. The summed E-state index contributed by atoms with van der Waals surface area (Å²) in [5, 5.41) is 7.67. The van der Waals surface area contributed by atoms with Crippen LogP contribution in [0.3, 0.4) is 0 Å². The zero-order valence-electron chi connectivity index (χ0n) is 7.54. The summed E-state index contributed by atoms with van der Waals surface area (Å²) in [4.78, 5) is 1.78. The Morgan fingerprint density at radius 3 is 2.08 bits per heavy atom. The van der Waals surface area contributed by atoms with Crippen LogP contribution in [0.15, 0.2) is 28.7 Å². The van der Waals surface area contributed by atoms with Crippen LogP contribution in [0.25, 0.3) is 0 Å². The van der Waals surface area contributed by atoms with E-state index in [1.807, 2.05) is 38.4 Å². The van der Waals surface area contributed by atoms with E-state index in [-0.39, 0.29) is 12.4 Å². The van der Waals surface area contributed by atoms with E-state index in [9.17, 15) is 0 Å². The number of rotatable bonds is 1. The molecule has 0 saturated heterocycles. The van der Waals surface area contributed by atoms with E-state index >= 15 is 0 Å². The van der Waals surface area contributed by atoms with Gasteiger partial charge in [-0.05, 0) is 12.1 Å². The first-order valence-electron chi connectivity index (χ1n) is 3.63. The quantitative estimate of drug-likeness (QED) is 0.612. The lowest BCUT2D eigenvalue weighted by Crippen LogP contribution is -2.21. The molecule has 13 heavy (non-hydrogen) atoms. The van der Waals surface area contributed by atoms with Crippen LogP contribution < -0.4 is 0 Å². The van der Waals surface area contributed by atoms with Crippen LogP contribution in [0, 0.1) is 5.41 Å². The molecule has 0 unspecified atom stereocenters. The molecule has 1 rings (SSSR count). The molecule has 0 spiro atoms. The molecule has 0 aromatic heterocycles. The monoisotopic (exact) mass is 262 g/mol. The predicted molar refractivity (Wildman–Crippen MR) is 61.9 cm³/mol. The van der Waals surface area contributed by atoms with Crippen molar-refractivity contribution >= 4 is 34.2 Å². The average molecular weight is 264 g/mol. The highest BCUT2D eigenvalue weighted by Gasteiger charge is 2.01. The van der Waals surface area contributed by atoms with Gasteiger partial charge in [-0.15, -0.1) is 12.4 Å². The first-order valence-corrected chi connectivity index (χ1v) is 4.42. The molecular weight excluding hydrogens is 251 g/mol. The van der Waals surface area contributed by atoms with E-state index in [2.05, 4.69) is 15.9 Å². The topological polar surface area (TPSA) is 27.1 Å². The van der Waals surface area contributed by atoms with E-state index in [0.717, 1.165) is 10.0 Å². The molecule has 2 nitrogen and oxygen atoms in total. The Kier molecular flexibility index (Phi) is 5.03. The summed E-state index contributed by atoms with van der Waals surface area (Å²) in [6.45, 7) is 0. The lowest BCUT2D eigenvalue weighted by atomic mass is 10.2. The van der Waals surface area contributed by atoms with E-state index in [1.165, 1.54) is 0 Å². The smallest absolute Gasteiger partial charge is 0.127 e. The molecule has 0 aliphatic rings. The van der Waals surface area contributed by atoms with Crippen molar-refractivity contribution in [3.05, 3.63) is 34.3 Å². The van der Waals surface area contributed by atoms with Gasteiger partial charge < -0.3 is 4.90 Å². The van der Waals surface area contributed by atoms with Gasteiger partial charge in [0.1, 0.15) is 5.84 Å². The summed E-state index contributed by atoms with van der Waals surface area (Å²) in [6.07, 6.45) is 0. The Bertz CT molecular complexity index is 282. The Morgan fingerprint density at radius 2 is 1.69 bits per heavy atom. The fourth-order valence-corrected chi connectivity index (χ4v) is 1.13. The maximum atomic E-state index is 7.67. The highest BCUT2D eigenvalue weighted by Crippen LogP contribution is 2.11. The van der Waals surface area contributed by atoms with Crippen molar-refractivity contribution in [1.82, 2.24) is 4.90 Å². The summed E-state index contributed by atoms with van der Waals surface area (Å²) >= 11 is 3.35. The first-order chi connectivity index (χ1) is 5.61. The van der Waals surface area contributed by atoms with Crippen LogP contribution in [0.1, 0.15) is 5.56 Å². The van der Waals surface area contributed by atoms with Crippen LogP contribution in [-0.2, 0) is 0 Å². The second-order valence-corrected chi connectivity index (χ2v) is 3.67. The number of hydrogen-bond donors (Lipinski definition) is 1. The Hall–Kier alpha value is -0.540. The van der Waals surface area contributed by atoms with Crippen molar-refractivity contribution in [2.75, 3.05) is 14.1 Å². The van der Waals surface area contributed by atoms with E-state index in [0.29, 0.717) is 5.84 Å². The minimum atomic E-state index is 0. The summed E-state index contributed by atoms with van der Waals surface area (Å²) in [5.41, 5.74) is 0.934. The summed E-state index contributed by atoms with van der Waals surface area (Å²) < 4.78 is 1.04. The lowest BCUT2D eigenvalue weighted by Gasteiger charge is -2.13. The minimum absolute atomic E-state index is 0. The predicted octanol–water partition coefficient (Wildman–Crippen LogP) is 2.76. The van der Waals surface area contributed by atoms with Gasteiger partial charge in [0, 0.05) is 24.1 Å². The van der Waals surface area contributed by atoms with Gasteiger partial charge in [-0.25, -0.2) is 0 Å². The molecule has 0 fully saturated rings. The van der Waals surface area contributed by atoms with E-state index in [4.69, 9.17) is 5.41 Å². The minimum Gasteiger partial charge on any atom is -0.363 e. The van der Waals surface area contributed by atoms with Gasteiger partial charge in [-0.1, -0.05) is 28.1 Å². The zero-order valence-corrected chi connectivity index (χ0v) is 9.95. The maximum Gasteiger partial charge on any atom is 0.127 e. The van der Waals surface area contributed by atoms with Crippen molar-refractivity contribution in [3.63, 3.8) is 0 Å². The Labute approximate surface area is 93.0 Å². The van der Waals surface area contributed by atoms with Gasteiger partial charge in [-0.3, -0.25) is 5.41 Å². The fourth-order valence-electron chi connectivity index (χ4n) is 0.866. The van der Waals surface area contributed by atoms with Gasteiger partial charge in [0.25, 0.3) is 0 Å². The molecule has 0 radical (unpaired) electrons. The number of nitrogens with zero attached hydrogens (tertiary/aromatic N) is 1. The highest BCUT2D eigenvalue weighted by atomic mass is 79.9. The standard InChI is InChI=1S/C9H11BrN2.ClH/c1-12(2)9(11)7-3-5-8(10)6-4-7;/h3-6,11H,1-2H3;1H. The van der Waals surface area contributed by atoms with Crippen LogP contribution in [0.4, 0.5) is 0 Å². The van der Waals surface area contributed by atoms with E-state index in [1.54, 1.807) is 4.90 Å². The second-order valence-electron chi connectivity index (χ2n) is 2.75. The molecule has 0 bridgehead atoms. The molecule has 1 N–H and O–H groups in total. The largest absolute Gasteiger partial charge is 0.363 e. The van der Waals surface area contributed by atoms with Gasteiger partial charge in [0.05, 0.1) is 0 Å². The maximum absolute atomic E-state index is 7.67. The molecular formula is C9H12BrClN2. The SMILES string of the molecule is CN(C)C(=N)c1ccc(Br)cc1.Cl. The lowest BCUT2D eigenvalue weighted by molar-refractivity contribution is 0.619. The third-order valence-corrected chi connectivity index (χ3v) is 2.09. The summed E-state index contributed by atoms with van der Waals surface area (Å²) in [6, 6.07) is 7.72. The van der Waals surface area contributed by atoms with Crippen molar-refractivity contribution in [2.45, 2.75) is 0 Å². The number of halogens is 2. The molecule has 0 heterocycles. The average Bonchev–Trinajstić information content (AvgIpc) is 2.04. The molecule has 0 atom stereocenters. The van der Waals surface area contributed by atoms with Crippen LogP contribution >= 0.6 is 28.3 Å². The second kappa shape index (κ2) is 5.25. The number of nitrogens with one attached hydrogen (secondary N) is 1. The molecule has 0 saturated carbocycles. The van der Waals surface area contributed by atoms with Crippen molar-refractivity contribution in [2.24, 2.45) is 0 Å². The zero-order chi connectivity index (χ0) is 9.14. The summed E-state index contributed by atoms with van der Waals surface area (Å²) in [7, 11) is 3.73. The molecule has 72 valence electrons. The van der Waals surface area contributed by atoms with Crippen molar-refractivity contribution < 1.29 is 0 Å². The fraction of sp³-hybridized carbons (Fsp3) is 0.222. The van der Waals surface area contributed by atoms with Crippen molar-refractivity contribution in [3.8, 4) is 0 Å². The van der Waals surface area contributed by atoms with Crippen LogP contribution in [-0.4, -0.2) is 24.8 Å². The molecule has 1 aromatic carbocycles. The van der Waals surface area contributed by atoms with Gasteiger partial charge in [0.2, 0.25) is 0 Å². The third-order valence-electron chi connectivity index (χ3n) is 1.56. The molecule has 4 heteroatoms. The van der Waals surface area contributed by atoms with E-state index < -0.39 is 0 Å². The number of amidine groups is 1. The molecule has 0 aliphatic carbocycles. The molecule has 0 amide bonds. The first kappa shape index (κ1) is 12.5. The highest BCUT2D eigenvalue weighted by molar-refractivity contribution is 9.10. The van der Waals surface area contributed by atoms with Gasteiger partial charge in [0.15, 0.2) is 0 Å².